The molecule has 1 aromatic heterocycles. The minimum atomic E-state index is -0.219. The van der Waals surface area contributed by atoms with Gasteiger partial charge in [-0.2, -0.15) is 10.5 Å². The predicted octanol–water partition coefficient (Wildman–Crippen LogP) is 3.20. The van der Waals surface area contributed by atoms with Gasteiger partial charge in [0.2, 0.25) is 11.9 Å². The number of hydrogen-bond donors (Lipinski definition) is 2. The van der Waals surface area contributed by atoms with Gasteiger partial charge in [0.1, 0.15) is 12.1 Å². The molecule has 0 unspecified atom stereocenters. The van der Waals surface area contributed by atoms with E-state index in [1.165, 1.54) is 0 Å². The van der Waals surface area contributed by atoms with Gasteiger partial charge in [0.05, 0.1) is 10.0 Å². The van der Waals surface area contributed by atoms with Crippen molar-refractivity contribution in [1.29, 1.82) is 10.5 Å². The van der Waals surface area contributed by atoms with E-state index in [0.29, 0.717) is 16.5 Å². The predicted molar refractivity (Wildman–Crippen MR) is 84.0 cm³/mol. The van der Waals surface area contributed by atoms with Gasteiger partial charge in [-0.05, 0) is 30.0 Å². The number of carbonyl (C=O) groups is 1. The van der Waals surface area contributed by atoms with Crippen LogP contribution < -0.4 is 5.32 Å². The Bertz CT molecular complexity index is 845. The average Bonchev–Trinajstić information content (AvgIpc) is 3.24. The molecule has 0 saturated heterocycles. The maximum absolute atomic E-state index is 12.2. The van der Waals surface area contributed by atoms with Crippen LogP contribution in [0.4, 0.5) is 5.95 Å². The minimum absolute atomic E-state index is 0.0274. The van der Waals surface area contributed by atoms with E-state index in [2.05, 4.69) is 15.3 Å². The van der Waals surface area contributed by atoms with Crippen molar-refractivity contribution in [3.05, 3.63) is 45.2 Å². The van der Waals surface area contributed by atoms with Gasteiger partial charge in [-0.25, -0.2) is 4.98 Å². The van der Waals surface area contributed by atoms with Crippen LogP contribution in [0.3, 0.4) is 0 Å². The lowest BCUT2D eigenvalue weighted by atomic mass is 10.1. The number of nitrogens with zero attached hydrogens (tertiary/aromatic N) is 3. The van der Waals surface area contributed by atoms with Gasteiger partial charge in [0, 0.05) is 5.92 Å². The number of imidazole rings is 1. The largest absolute Gasteiger partial charge is 0.314 e. The second-order valence-electron chi connectivity index (χ2n) is 5.14. The SMILES string of the molecule is N#Cc1nc(NC(=O)[C@H]2C[C@@H]2c2ccc(Cl)c(Cl)c2)[nH]c1C#N. The molecule has 1 aliphatic rings. The Morgan fingerprint density at radius 1 is 1.30 bits per heavy atom. The van der Waals surface area contributed by atoms with Crippen molar-refractivity contribution in [3.8, 4) is 12.1 Å². The fourth-order valence-electron chi connectivity index (χ4n) is 2.40. The molecule has 23 heavy (non-hydrogen) atoms. The summed E-state index contributed by atoms with van der Waals surface area (Å²) in [4.78, 5) is 18.7. The number of nitrogens with one attached hydrogen (secondary N) is 2. The monoisotopic (exact) mass is 345 g/mol. The van der Waals surface area contributed by atoms with Gasteiger partial charge in [-0.1, -0.05) is 29.3 Å². The molecular formula is C15H9Cl2N5O. The minimum Gasteiger partial charge on any atom is -0.314 e. The molecule has 0 aliphatic heterocycles. The van der Waals surface area contributed by atoms with Crippen LogP contribution >= 0.6 is 23.2 Å². The van der Waals surface area contributed by atoms with Crippen LogP contribution in [-0.4, -0.2) is 15.9 Å². The van der Waals surface area contributed by atoms with Gasteiger partial charge in [0.25, 0.3) is 0 Å². The van der Waals surface area contributed by atoms with Crippen LogP contribution in [0.15, 0.2) is 18.2 Å². The molecule has 1 amide bonds. The lowest BCUT2D eigenvalue weighted by Gasteiger charge is -2.03. The Labute approximate surface area is 141 Å². The molecule has 1 aliphatic carbocycles. The number of rotatable bonds is 3. The number of aromatic nitrogens is 2. The second-order valence-corrected chi connectivity index (χ2v) is 5.96. The summed E-state index contributed by atoms with van der Waals surface area (Å²) in [6.45, 7) is 0. The number of carbonyl (C=O) groups excluding carboxylic acids is 1. The highest BCUT2D eigenvalue weighted by molar-refractivity contribution is 6.42. The highest BCUT2D eigenvalue weighted by atomic mass is 35.5. The number of amides is 1. The molecule has 1 heterocycles. The standard InChI is InChI=1S/C15H9Cl2N5O/c16-10-2-1-7(3-11(10)17)8-4-9(8)14(23)22-15-20-12(5-18)13(6-19)21-15/h1-3,8-9H,4H2,(H2,20,21,22,23)/t8-,9+/m1/s1. The lowest BCUT2D eigenvalue weighted by Crippen LogP contribution is -2.15. The first-order valence-electron chi connectivity index (χ1n) is 6.69. The summed E-state index contributed by atoms with van der Waals surface area (Å²) in [6, 6.07) is 8.91. The third kappa shape index (κ3) is 3.00. The van der Waals surface area contributed by atoms with Crippen LogP contribution in [0.1, 0.15) is 29.3 Å². The Morgan fingerprint density at radius 2 is 2.09 bits per heavy atom. The third-order valence-electron chi connectivity index (χ3n) is 3.66. The van der Waals surface area contributed by atoms with E-state index in [1.807, 2.05) is 12.1 Å². The number of benzene rings is 1. The number of H-pyrrole nitrogens is 1. The molecule has 1 fully saturated rings. The number of aromatic amines is 1. The van der Waals surface area contributed by atoms with E-state index in [0.717, 1.165) is 5.56 Å². The van der Waals surface area contributed by atoms with Gasteiger partial charge in [-0.3, -0.25) is 10.1 Å². The van der Waals surface area contributed by atoms with Gasteiger partial charge >= 0.3 is 0 Å². The molecule has 0 radical (unpaired) electrons. The zero-order valence-corrected chi connectivity index (χ0v) is 13.1. The van der Waals surface area contributed by atoms with Crippen molar-refractivity contribution in [1.82, 2.24) is 9.97 Å². The van der Waals surface area contributed by atoms with E-state index in [4.69, 9.17) is 33.7 Å². The van der Waals surface area contributed by atoms with E-state index in [9.17, 15) is 4.79 Å². The van der Waals surface area contributed by atoms with Gasteiger partial charge in [-0.15, -0.1) is 0 Å². The summed E-state index contributed by atoms with van der Waals surface area (Å²) in [7, 11) is 0. The van der Waals surface area contributed by atoms with Crippen molar-refractivity contribution in [2.24, 2.45) is 5.92 Å². The number of hydrogen-bond acceptors (Lipinski definition) is 4. The Balaban J connectivity index is 1.69. The third-order valence-corrected chi connectivity index (χ3v) is 4.40. The van der Waals surface area contributed by atoms with Crippen LogP contribution in [0, 0.1) is 28.6 Å². The zero-order valence-electron chi connectivity index (χ0n) is 11.6. The Hall–Kier alpha value is -2.54. The van der Waals surface area contributed by atoms with Crippen molar-refractivity contribution < 1.29 is 4.79 Å². The molecule has 2 N–H and O–H groups in total. The molecule has 114 valence electrons. The van der Waals surface area contributed by atoms with E-state index in [1.54, 1.807) is 18.2 Å². The lowest BCUT2D eigenvalue weighted by molar-refractivity contribution is -0.117. The molecule has 6 nitrogen and oxygen atoms in total. The van der Waals surface area contributed by atoms with Crippen LogP contribution in [0.25, 0.3) is 0 Å². The Morgan fingerprint density at radius 3 is 2.70 bits per heavy atom. The maximum Gasteiger partial charge on any atom is 0.230 e. The molecule has 2 aromatic rings. The van der Waals surface area contributed by atoms with Crippen molar-refractivity contribution >= 4 is 35.1 Å². The van der Waals surface area contributed by atoms with Crippen LogP contribution in [-0.2, 0) is 4.79 Å². The topological polar surface area (TPSA) is 105 Å². The molecular weight excluding hydrogens is 337 g/mol. The highest BCUT2D eigenvalue weighted by Gasteiger charge is 2.44. The van der Waals surface area contributed by atoms with E-state index >= 15 is 0 Å². The van der Waals surface area contributed by atoms with Crippen molar-refractivity contribution in [3.63, 3.8) is 0 Å². The Kier molecular flexibility index (Phi) is 3.96. The summed E-state index contributed by atoms with van der Waals surface area (Å²) in [5.74, 6) is -0.245. The second kappa shape index (κ2) is 5.92. The molecule has 2 atom stereocenters. The first kappa shape index (κ1) is 15.4. The molecule has 0 bridgehead atoms. The smallest absolute Gasteiger partial charge is 0.230 e. The summed E-state index contributed by atoms with van der Waals surface area (Å²) in [5.41, 5.74) is 0.939. The summed E-state index contributed by atoms with van der Waals surface area (Å²) in [6.07, 6.45) is 0.695. The number of anilines is 1. The first-order chi connectivity index (χ1) is 11.0. The van der Waals surface area contributed by atoms with Gasteiger partial charge in [0.15, 0.2) is 11.4 Å². The number of halogens is 2. The van der Waals surface area contributed by atoms with E-state index in [-0.39, 0.29) is 35.1 Å². The summed E-state index contributed by atoms with van der Waals surface area (Å²) < 4.78 is 0. The fraction of sp³-hybridized carbons (Fsp3) is 0.200. The number of nitriles is 2. The summed E-state index contributed by atoms with van der Waals surface area (Å²) >= 11 is 11.9. The zero-order chi connectivity index (χ0) is 16.6. The van der Waals surface area contributed by atoms with Crippen LogP contribution in [0.2, 0.25) is 10.0 Å². The molecule has 1 saturated carbocycles. The normalized spacial score (nSPS) is 18.8. The maximum atomic E-state index is 12.2. The molecule has 1 aromatic carbocycles. The summed E-state index contributed by atoms with van der Waals surface area (Å²) in [5, 5.41) is 21.2. The molecule has 8 heteroatoms. The van der Waals surface area contributed by atoms with Crippen molar-refractivity contribution in [2.75, 3.05) is 5.32 Å². The van der Waals surface area contributed by atoms with E-state index < -0.39 is 0 Å². The fourth-order valence-corrected chi connectivity index (χ4v) is 2.71. The van der Waals surface area contributed by atoms with Crippen molar-refractivity contribution in [2.45, 2.75) is 12.3 Å². The highest BCUT2D eigenvalue weighted by Crippen LogP contribution is 2.48. The first-order valence-corrected chi connectivity index (χ1v) is 7.45. The quantitative estimate of drug-likeness (QED) is 0.890. The average molecular weight is 346 g/mol. The molecule has 3 rings (SSSR count). The van der Waals surface area contributed by atoms with Crippen LogP contribution in [0.5, 0.6) is 0 Å². The molecule has 0 spiro atoms. The van der Waals surface area contributed by atoms with Gasteiger partial charge < -0.3 is 4.98 Å².